The quantitative estimate of drug-likeness (QED) is 0.441. The largest absolute Gasteiger partial charge is 1.00 e. The van der Waals surface area contributed by atoms with Crippen molar-refractivity contribution < 1.29 is 54.3 Å². The summed E-state index contributed by atoms with van der Waals surface area (Å²) in [6, 6.07) is 0. The Kier molecular flexibility index (Phi) is 10.6. The summed E-state index contributed by atoms with van der Waals surface area (Å²) in [4.78, 5) is 0. The van der Waals surface area contributed by atoms with Crippen molar-refractivity contribution >= 4 is 5.43 Å². The van der Waals surface area contributed by atoms with E-state index in [1.807, 2.05) is 6.56 Å². The van der Waals surface area contributed by atoms with Gasteiger partial charge in [0.2, 0.25) is 0 Å². The molecule has 0 amide bonds. The molecule has 0 saturated carbocycles. The van der Waals surface area contributed by atoms with Crippen LogP contribution in [0.5, 0.6) is 0 Å². The van der Waals surface area contributed by atoms with Crippen molar-refractivity contribution in [1.29, 1.82) is 0 Å². The molecule has 2 rings (SSSR count). The van der Waals surface area contributed by atoms with E-state index in [0.29, 0.717) is 11.8 Å². The van der Waals surface area contributed by atoms with Gasteiger partial charge in [0, 0.05) is 0 Å². The molecule has 22 heavy (non-hydrogen) atoms. The zero-order chi connectivity index (χ0) is 14.9. The molecule has 4 heteroatoms. The summed E-state index contributed by atoms with van der Waals surface area (Å²) in [6.07, 6.45) is 12.3. The molecule has 0 saturated heterocycles. The van der Waals surface area contributed by atoms with Gasteiger partial charge in [-0.3, -0.25) is 0 Å². The van der Waals surface area contributed by atoms with Crippen LogP contribution in [-0.4, -0.2) is 5.43 Å². The van der Waals surface area contributed by atoms with Crippen molar-refractivity contribution in [3.8, 4) is 0 Å². The third-order valence-electron chi connectivity index (χ3n) is 4.28. The maximum atomic E-state index is 2.58. The minimum absolute atomic E-state index is 0. The molecule has 0 aromatic heterocycles. The molecule has 0 spiro atoms. The summed E-state index contributed by atoms with van der Waals surface area (Å²) < 4.78 is 3.86. The molecule has 0 fully saturated rings. The summed E-state index contributed by atoms with van der Waals surface area (Å²) >= 11 is -1.59. The summed E-state index contributed by atoms with van der Waals surface area (Å²) in [5.74, 6) is 1.41. The van der Waals surface area contributed by atoms with E-state index in [1.54, 1.807) is 11.1 Å². The van der Waals surface area contributed by atoms with Crippen molar-refractivity contribution in [2.75, 3.05) is 0 Å². The molecule has 2 aliphatic rings. The van der Waals surface area contributed by atoms with Gasteiger partial charge in [-0.05, 0) is 0 Å². The molecule has 0 bridgehead atoms. The van der Waals surface area contributed by atoms with Gasteiger partial charge in [-0.1, -0.05) is 0 Å². The second kappa shape index (κ2) is 10.1. The minimum Gasteiger partial charge on any atom is -1.00 e. The average molecular weight is 524 g/mol. The number of allylic oxidation sites excluding steroid dienone is 8. The zero-order valence-corrected chi connectivity index (χ0v) is 21.3. The molecule has 2 aliphatic carbocycles. The van der Waals surface area contributed by atoms with E-state index in [2.05, 4.69) is 65.1 Å². The van der Waals surface area contributed by atoms with Crippen molar-refractivity contribution in [1.82, 2.24) is 0 Å². The Morgan fingerprint density at radius 3 is 1.45 bits per heavy atom. The standard InChI is InChI=1S/2C8H11.C2H6Si.2BrH.Zr/c2*1-7(2)8-5-3-4-6-8;1-3-2;;;/h2*3,5,7H,4H2,1-2H3;1-2H3;2*1H;/q;;;;;+2/p-2. The van der Waals surface area contributed by atoms with Crippen LogP contribution in [0.15, 0.2) is 42.0 Å². The van der Waals surface area contributed by atoms with E-state index in [0.717, 1.165) is 0 Å². The Balaban J connectivity index is 0.00000220. The fraction of sp³-hybridized carbons (Fsp3) is 0.556. The molecule has 0 nitrogen and oxygen atoms in total. The van der Waals surface area contributed by atoms with Gasteiger partial charge in [-0.15, -0.1) is 0 Å². The third-order valence-corrected chi connectivity index (χ3v) is 21.6. The van der Waals surface area contributed by atoms with Crippen LogP contribution in [0.25, 0.3) is 0 Å². The van der Waals surface area contributed by atoms with Crippen LogP contribution in [-0.2, 0) is 20.4 Å². The smallest absolute Gasteiger partial charge is 1.00 e. The fourth-order valence-electron chi connectivity index (χ4n) is 3.40. The molecule has 0 N–H and O–H groups in total. The van der Waals surface area contributed by atoms with Crippen molar-refractivity contribution in [2.45, 2.75) is 53.6 Å². The first-order chi connectivity index (χ1) is 9.43. The molecule has 0 aromatic rings. The van der Waals surface area contributed by atoms with Crippen LogP contribution < -0.4 is 34.0 Å². The van der Waals surface area contributed by atoms with Gasteiger partial charge in [0.05, 0.1) is 0 Å². The predicted molar refractivity (Wildman–Crippen MR) is 88.7 cm³/mol. The first kappa shape index (κ1) is 23.0. The van der Waals surface area contributed by atoms with Gasteiger partial charge < -0.3 is 34.0 Å². The van der Waals surface area contributed by atoms with Crippen LogP contribution in [0, 0.1) is 11.8 Å². The molecule has 0 unspecified atom stereocenters. The summed E-state index contributed by atoms with van der Waals surface area (Å²) in [7, 11) is 0. The van der Waals surface area contributed by atoms with E-state index in [4.69, 9.17) is 0 Å². The molecule has 0 heterocycles. The molecular formula is C18H28Br2SiZr. The monoisotopic (exact) mass is 520 g/mol. The Bertz CT molecular complexity index is 516. The maximum Gasteiger partial charge on any atom is -1.00 e. The van der Waals surface area contributed by atoms with Gasteiger partial charge in [-0.25, -0.2) is 0 Å². The van der Waals surface area contributed by atoms with Gasteiger partial charge in [0.15, 0.2) is 0 Å². The maximum absolute atomic E-state index is 2.58. The molecule has 0 aromatic carbocycles. The molecule has 0 aliphatic heterocycles. The van der Waals surface area contributed by atoms with Crippen molar-refractivity contribution in [3.05, 3.63) is 42.0 Å². The summed E-state index contributed by atoms with van der Waals surface area (Å²) in [5.41, 5.74) is 3.23. The predicted octanol–water partition coefficient (Wildman–Crippen LogP) is -0.396. The molecule has 122 valence electrons. The third kappa shape index (κ3) is 5.01. The van der Waals surface area contributed by atoms with Gasteiger partial charge >= 0.3 is 133 Å². The van der Waals surface area contributed by atoms with Crippen LogP contribution in [0.4, 0.5) is 0 Å². The van der Waals surface area contributed by atoms with E-state index in [1.165, 1.54) is 12.8 Å². The Labute approximate surface area is 166 Å². The van der Waals surface area contributed by atoms with Crippen LogP contribution >= 0.6 is 0 Å². The molecular weight excluding hydrogens is 495 g/mol. The molecule has 0 radical (unpaired) electrons. The van der Waals surface area contributed by atoms with Gasteiger partial charge in [0.1, 0.15) is 0 Å². The zero-order valence-electron chi connectivity index (χ0n) is 14.6. The fourth-order valence-corrected chi connectivity index (χ4v) is 22.2. The van der Waals surface area contributed by atoms with E-state index in [-0.39, 0.29) is 39.4 Å². The van der Waals surface area contributed by atoms with Crippen molar-refractivity contribution in [3.63, 3.8) is 0 Å². The second-order valence-corrected chi connectivity index (χ2v) is 23.9. The second-order valence-electron chi connectivity index (χ2n) is 6.77. The van der Waals surface area contributed by atoms with Crippen molar-refractivity contribution in [2.24, 2.45) is 11.8 Å². The Hall–Kier alpha value is 1.02. The minimum atomic E-state index is -1.59. The van der Waals surface area contributed by atoms with Crippen LogP contribution in [0.1, 0.15) is 40.5 Å². The topological polar surface area (TPSA) is 0 Å². The summed E-state index contributed by atoms with van der Waals surface area (Å²) in [5, 5.41) is 0. The average Bonchev–Trinajstić information content (AvgIpc) is 2.97. The summed E-state index contributed by atoms with van der Waals surface area (Å²) in [6.45, 7) is 14.6. The number of halogens is 2. The Morgan fingerprint density at radius 1 is 0.818 bits per heavy atom. The molecule has 0 atom stereocenters. The van der Waals surface area contributed by atoms with Crippen LogP contribution in [0.3, 0.4) is 0 Å². The number of hydrogen-bond donors (Lipinski definition) is 0. The Morgan fingerprint density at radius 2 is 1.18 bits per heavy atom. The normalized spacial score (nSPS) is 16.1. The number of hydrogen-bond acceptors (Lipinski definition) is 0. The number of rotatable bonds is 4. The van der Waals surface area contributed by atoms with Gasteiger partial charge in [-0.2, -0.15) is 0 Å². The SMILES string of the molecule is CC(C)C1=[C]([Zr+2]([C]2=C(C(C)C)C=CC2)=[Si](C)C)CC=C1.[Br-].[Br-]. The van der Waals surface area contributed by atoms with Gasteiger partial charge in [0.25, 0.3) is 0 Å². The first-order valence-corrected chi connectivity index (χ1v) is 16.5. The first-order valence-electron chi connectivity index (χ1n) is 7.90. The van der Waals surface area contributed by atoms with E-state index in [9.17, 15) is 0 Å². The van der Waals surface area contributed by atoms with E-state index >= 15 is 0 Å². The van der Waals surface area contributed by atoms with Crippen LogP contribution in [0.2, 0.25) is 13.1 Å². The van der Waals surface area contributed by atoms with E-state index < -0.39 is 20.4 Å².